The second-order valence-electron chi connectivity index (χ2n) is 6.69. The number of fused-ring (bicyclic) bond motifs is 1. The highest BCUT2D eigenvalue weighted by Crippen LogP contribution is 2.41. The second-order valence-corrected chi connectivity index (χ2v) is 6.69. The summed E-state index contributed by atoms with van der Waals surface area (Å²) in [5, 5.41) is 0. The maximum Gasteiger partial charge on any atom is 0.231 e. The van der Waals surface area contributed by atoms with Crippen molar-refractivity contribution in [2.45, 2.75) is 31.3 Å². The van der Waals surface area contributed by atoms with Gasteiger partial charge >= 0.3 is 0 Å². The predicted molar refractivity (Wildman–Crippen MR) is 98.3 cm³/mol. The average molecular weight is 350 g/mol. The molecule has 2 aliphatic rings. The van der Waals surface area contributed by atoms with Crippen LogP contribution in [0.4, 0.5) is 0 Å². The van der Waals surface area contributed by atoms with Gasteiger partial charge in [-0.1, -0.05) is 48.6 Å². The largest absolute Gasteiger partial charge is 0.454 e. The molecule has 4 rings (SSSR count). The topological polar surface area (TPSA) is 44.8 Å². The molecule has 1 heterocycles. The van der Waals surface area contributed by atoms with Gasteiger partial charge in [-0.3, -0.25) is 4.79 Å². The molecule has 4 nitrogen and oxygen atoms in total. The third kappa shape index (κ3) is 3.25. The molecule has 0 N–H and O–H groups in total. The quantitative estimate of drug-likeness (QED) is 0.579. The van der Waals surface area contributed by atoms with Gasteiger partial charge in [0.25, 0.3) is 0 Å². The van der Waals surface area contributed by atoms with E-state index < -0.39 is 5.41 Å². The first-order valence-corrected chi connectivity index (χ1v) is 9.01. The summed E-state index contributed by atoms with van der Waals surface area (Å²) in [7, 11) is 0. The van der Waals surface area contributed by atoms with Crippen molar-refractivity contribution in [3.8, 4) is 11.5 Å². The fraction of sp³-hybridized carbons (Fsp3) is 0.318. The van der Waals surface area contributed by atoms with Crippen molar-refractivity contribution in [1.29, 1.82) is 0 Å². The molecule has 0 spiro atoms. The zero-order valence-electron chi connectivity index (χ0n) is 14.6. The van der Waals surface area contributed by atoms with E-state index >= 15 is 0 Å². The number of carbonyl (C=O) groups excluding carboxylic acids is 1. The van der Waals surface area contributed by atoms with Crippen LogP contribution in [-0.2, 0) is 21.6 Å². The summed E-state index contributed by atoms with van der Waals surface area (Å²) in [6.45, 7) is 1.30. The third-order valence-corrected chi connectivity index (χ3v) is 5.08. The van der Waals surface area contributed by atoms with Crippen molar-refractivity contribution in [2.24, 2.45) is 0 Å². The standard InChI is InChI=1S/C22H22O4/c23-21-8-4-5-11-22(21,12-13-24-15-17-6-2-1-3-7-17)18-9-10-19-20(14-18)26-16-25-19/h1-3,5-7,9-11,14H,4,8,12-13,15-16H2/t22-/m1/s1. The summed E-state index contributed by atoms with van der Waals surface area (Å²) in [6.07, 6.45) is 6.12. The summed E-state index contributed by atoms with van der Waals surface area (Å²) in [6, 6.07) is 15.9. The molecule has 0 saturated carbocycles. The molecule has 0 bridgehead atoms. The van der Waals surface area contributed by atoms with E-state index in [2.05, 4.69) is 6.08 Å². The molecule has 0 radical (unpaired) electrons. The first-order valence-electron chi connectivity index (χ1n) is 9.01. The molecular weight excluding hydrogens is 328 g/mol. The molecule has 1 atom stereocenters. The van der Waals surface area contributed by atoms with Crippen LogP contribution in [-0.4, -0.2) is 19.2 Å². The smallest absolute Gasteiger partial charge is 0.231 e. The predicted octanol–water partition coefficient (Wildman–Crippen LogP) is 4.18. The molecule has 0 aromatic heterocycles. The first kappa shape index (κ1) is 16.9. The van der Waals surface area contributed by atoms with E-state index in [1.165, 1.54) is 0 Å². The summed E-state index contributed by atoms with van der Waals surface area (Å²) in [5.41, 5.74) is 1.44. The monoisotopic (exact) mass is 350 g/mol. The van der Waals surface area contributed by atoms with E-state index in [1.807, 2.05) is 54.6 Å². The van der Waals surface area contributed by atoms with Crippen LogP contribution in [0, 0.1) is 0 Å². The van der Waals surface area contributed by atoms with Crippen molar-refractivity contribution >= 4 is 5.78 Å². The number of ether oxygens (including phenoxy) is 3. The van der Waals surface area contributed by atoms with Crippen molar-refractivity contribution < 1.29 is 19.0 Å². The summed E-state index contributed by atoms with van der Waals surface area (Å²) in [5.74, 6) is 1.68. The molecule has 2 aromatic carbocycles. The highest BCUT2D eigenvalue weighted by molar-refractivity contribution is 5.93. The highest BCUT2D eigenvalue weighted by atomic mass is 16.7. The van der Waals surface area contributed by atoms with Crippen LogP contribution in [0.25, 0.3) is 0 Å². The van der Waals surface area contributed by atoms with Gasteiger partial charge in [-0.05, 0) is 36.1 Å². The number of Topliss-reactive ketones (excluding diaryl/α,β-unsaturated/α-hetero) is 1. The number of hydrogen-bond acceptors (Lipinski definition) is 4. The van der Waals surface area contributed by atoms with E-state index in [-0.39, 0.29) is 12.6 Å². The van der Waals surface area contributed by atoms with Crippen molar-refractivity contribution in [1.82, 2.24) is 0 Å². The lowest BCUT2D eigenvalue weighted by molar-refractivity contribution is -0.124. The Morgan fingerprint density at radius 2 is 1.88 bits per heavy atom. The summed E-state index contributed by atoms with van der Waals surface area (Å²) >= 11 is 0. The lowest BCUT2D eigenvalue weighted by Crippen LogP contribution is -2.37. The minimum absolute atomic E-state index is 0.232. The van der Waals surface area contributed by atoms with Crippen LogP contribution in [0.2, 0.25) is 0 Å². The molecule has 4 heteroatoms. The third-order valence-electron chi connectivity index (χ3n) is 5.08. The van der Waals surface area contributed by atoms with Gasteiger partial charge in [-0.2, -0.15) is 0 Å². The Kier molecular flexibility index (Phi) is 4.76. The molecule has 0 unspecified atom stereocenters. The molecule has 0 amide bonds. The maximum absolute atomic E-state index is 12.9. The number of benzene rings is 2. The Hall–Kier alpha value is -2.59. The molecular formula is C22H22O4. The zero-order valence-corrected chi connectivity index (χ0v) is 14.6. The van der Waals surface area contributed by atoms with Crippen LogP contribution in [0.15, 0.2) is 60.7 Å². The fourth-order valence-electron chi connectivity index (χ4n) is 3.61. The van der Waals surface area contributed by atoms with Crippen LogP contribution < -0.4 is 9.47 Å². The zero-order chi connectivity index (χ0) is 17.8. The van der Waals surface area contributed by atoms with Gasteiger partial charge in [0.05, 0.1) is 12.0 Å². The fourth-order valence-corrected chi connectivity index (χ4v) is 3.61. The van der Waals surface area contributed by atoms with Gasteiger partial charge in [-0.25, -0.2) is 0 Å². The highest BCUT2D eigenvalue weighted by Gasteiger charge is 2.39. The van der Waals surface area contributed by atoms with Crippen LogP contribution >= 0.6 is 0 Å². The molecule has 26 heavy (non-hydrogen) atoms. The molecule has 1 aliphatic carbocycles. The maximum atomic E-state index is 12.9. The van der Waals surface area contributed by atoms with Gasteiger partial charge in [0.1, 0.15) is 5.78 Å². The number of allylic oxidation sites excluding steroid dienone is 2. The second kappa shape index (κ2) is 7.34. The van der Waals surface area contributed by atoms with E-state index in [0.29, 0.717) is 31.8 Å². The van der Waals surface area contributed by atoms with Crippen LogP contribution in [0.1, 0.15) is 30.4 Å². The molecule has 2 aromatic rings. The van der Waals surface area contributed by atoms with E-state index in [4.69, 9.17) is 14.2 Å². The van der Waals surface area contributed by atoms with Gasteiger partial charge in [0, 0.05) is 13.0 Å². The Bertz CT molecular complexity index is 812. The Morgan fingerprint density at radius 3 is 2.73 bits per heavy atom. The molecule has 0 fully saturated rings. The van der Waals surface area contributed by atoms with Crippen LogP contribution in [0.5, 0.6) is 11.5 Å². The minimum atomic E-state index is -0.643. The van der Waals surface area contributed by atoms with Crippen molar-refractivity contribution in [2.75, 3.05) is 13.4 Å². The first-order chi connectivity index (χ1) is 12.8. The summed E-state index contributed by atoms with van der Waals surface area (Å²) < 4.78 is 16.8. The van der Waals surface area contributed by atoms with E-state index in [0.717, 1.165) is 23.3 Å². The number of rotatable bonds is 6. The van der Waals surface area contributed by atoms with Gasteiger partial charge in [-0.15, -0.1) is 0 Å². The molecule has 0 saturated heterocycles. The van der Waals surface area contributed by atoms with E-state index in [9.17, 15) is 4.79 Å². The number of hydrogen-bond donors (Lipinski definition) is 0. The number of ketones is 1. The molecule has 1 aliphatic heterocycles. The van der Waals surface area contributed by atoms with Crippen LogP contribution in [0.3, 0.4) is 0 Å². The van der Waals surface area contributed by atoms with Crippen molar-refractivity contribution in [3.63, 3.8) is 0 Å². The van der Waals surface area contributed by atoms with Gasteiger partial charge < -0.3 is 14.2 Å². The average Bonchev–Trinajstić information content (AvgIpc) is 3.15. The Balaban J connectivity index is 1.52. The Labute approximate surface area is 153 Å². The van der Waals surface area contributed by atoms with Gasteiger partial charge in [0.15, 0.2) is 11.5 Å². The SMILES string of the molecule is O=C1CCC=C[C@@]1(CCOCc1ccccc1)c1ccc2c(c1)OCO2. The van der Waals surface area contributed by atoms with E-state index in [1.54, 1.807) is 0 Å². The normalized spacial score (nSPS) is 21.2. The number of carbonyl (C=O) groups is 1. The van der Waals surface area contributed by atoms with Crippen molar-refractivity contribution in [3.05, 3.63) is 71.8 Å². The van der Waals surface area contributed by atoms with Gasteiger partial charge in [0.2, 0.25) is 6.79 Å². The minimum Gasteiger partial charge on any atom is -0.454 e. The lowest BCUT2D eigenvalue weighted by atomic mass is 9.70. The Morgan fingerprint density at radius 1 is 1.04 bits per heavy atom. The molecule has 134 valence electrons. The summed E-state index contributed by atoms with van der Waals surface area (Å²) in [4.78, 5) is 12.9. The lowest BCUT2D eigenvalue weighted by Gasteiger charge is -2.32.